The molecular formula is C4H4N2S. The summed E-state index contributed by atoms with van der Waals surface area (Å²) in [6.07, 6.45) is 2.61. The summed E-state index contributed by atoms with van der Waals surface area (Å²) in [6, 6.07) is 1.75. The molecule has 3 heteroatoms. The molecule has 0 saturated heterocycles. The fraction of sp³-hybridized carbons (Fsp3) is 0. The lowest BCUT2D eigenvalue weighted by atomic mass is 10.5. The molecule has 0 aliphatic rings. The standard InChI is InChI=1S/C4H4N2S/c5-3-1-2-4(6)7/h1-2H,(H2,6,7). The normalized spacial score (nSPS) is 8.43. The first kappa shape index (κ1) is 6.12. The Morgan fingerprint density at radius 2 is 2.43 bits per heavy atom. The Morgan fingerprint density at radius 3 is 2.57 bits per heavy atom. The first-order chi connectivity index (χ1) is 3.27. The molecule has 0 amide bonds. The fourth-order valence-electron chi connectivity index (χ4n) is 0.119. The quantitative estimate of drug-likeness (QED) is 0.302. The second-order valence-electron chi connectivity index (χ2n) is 0.865. The van der Waals surface area contributed by atoms with E-state index in [0.717, 1.165) is 0 Å². The number of rotatable bonds is 1. The minimum Gasteiger partial charge on any atom is -0.390 e. The average molecular weight is 112 g/mol. The Bertz CT molecular complexity index is 131. The summed E-state index contributed by atoms with van der Waals surface area (Å²) in [5.74, 6) is 0. The monoisotopic (exact) mass is 112 g/mol. The van der Waals surface area contributed by atoms with Gasteiger partial charge in [0.05, 0.1) is 11.1 Å². The summed E-state index contributed by atoms with van der Waals surface area (Å²) in [4.78, 5) is 0.238. The molecule has 0 aromatic carbocycles. The number of hydrogen-bond acceptors (Lipinski definition) is 2. The van der Waals surface area contributed by atoms with Gasteiger partial charge in [0.25, 0.3) is 0 Å². The van der Waals surface area contributed by atoms with Gasteiger partial charge >= 0.3 is 0 Å². The lowest BCUT2D eigenvalue weighted by Gasteiger charge is -1.73. The largest absolute Gasteiger partial charge is 0.390 e. The number of allylic oxidation sites excluding steroid dienone is 1. The molecule has 7 heavy (non-hydrogen) atoms. The zero-order valence-corrected chi connectivity index (χ0v) is 4.40. The van der Waals surface area contributed by atoms with Crippen LogP contribution < -0.4 is 5.73 Å². The third-order valence-corrected chi connectivity index (χ3v) is 0.458. The van der Waals surface area contributed by atoms with Crippen LogP contribution in [0.2, 0.25) is 0 Å². The number of nitrogens with zero attached hydrogens (tertiary/aromatic N) is 1. The molecule has 0 radical (unpaired) electrons. The Hall–Kier alpha value is -0.880. The summed E-state index contributed by atoms with van der Waals surface area (Å²) in [7, 11) is 0. The van der Waals surface area contributed by atoms with Gasteiger partial charge in [-0.25, -0.2) is 0 Å². The number of nitrogens with two attached hydrogens (primary N) is 1. The Kier molecular flexibility index (Phi) is 2.90. The number of hydrogen-bond donors (Lipinski definition) is 1. The highest BCUT2D eigenvalue weighted by atomic mass is 32.1. The van der Waals surface area contributed by atoms with Crippen LogP contribution in [0.3, 0.4) is 0 Å². The maximum Gasteiger partial charge on any atom is 0.0969 e. The van der Waals surface area contributed by atoms with E-state index in [9.17, 15) is 0 Å². The van der Waals surface area contributed by atoms with Gasteiger partial charge in [0, 0.05) is 6.08 Å². The van der Waals surface area contributed by atoms with Crippen LogP contribution in [0.25, 0.3) is 0 Å². The highest BCUT2D eigenvalue weighted by Crippen LogP contribution is 1.67. The molecule has 0 unspecified atom stereocenters. The van der Waals surface area contributed by atoms with E-state index in [1.165, 1.54) is 12.2 Å². The first-order valence-electron chi connectivity index (χ1n) is 1.63. The summed E-state index contributed by atoms with van der Waals surface area (Å²) in [6.45, 7) is 0. The molecule has 0 aliphatic carbocycles. The number of nitriles is 1. The zero-order chi connectivity index (χ0) is 5.70. The van der Waals surface area contributed by atoms with Gasteiger partial charge in [-0.1, -0.05) is 12.2 Å². The van der Waals surface area contributed by atoms with Crippen LogP contribution >= 0.6 is 12.2 Å². The molecule has 2 nitrogen and oxygen atoms in total. The Morgan fingerprint density at radius 1 is 1.86 bits per heavy atom. The molecule has 0 bridgehead atoms. The zero-order valence-electron chi connectivity index (χ0n) is 3.59. The molecule has 0 rings (SSSR count). The molecule has 0 aromatic heterocycles. The molecule has 0 saturated carbocycles. The van der Waals surface area contributed by atoms with Crippen molar-refractivity contribution >= 4 is 17.2 Å². The van der Waals surface area contributed by atoms with Crippen molar-refractivity contribution < 1.29 is 0 Å². The minimum absolute atomic E-state index is 0.238. The second-order valence-corrected chi connectivity index (χ2v) is 1.34. The van der Waals surface area contributed by atoms with E-state index in [1.54, 1.807) is 6.07 Å². The van der Waals surface area contributed by atoms with E-state index in [-0.39, 0.29) is 4.99 Å². The molecule has 0 spiro atoms. The lowest BCUT2D eigenvalue weighted by Crippen LogP contribution is -2.01. The van der Waals surface area contributed by atoms with Crippen molar-refractivity contribution in [3.8, 4) is 6.07 Å². The summed E-state index contributed by atoms with van der Waals surface area (Å²) in [5, 5.41) is 7.86. The molecule has 0 heterocycles. The van der Waals surface area contributed by atoms with Gasteiger partial charge in [0.2, 0.25) is 0 Å². The van der Waals surface area contributed by atoms with E-state index in [0.29, 0.717) is 0 Å². The third kappa shape index (κ3) is 5.12. The summed E-state index contributed by atoms with van der Waals surface area (Å²) < 4.78 is 0. The summed E-state index contributed by atoms with van der Waals surface area (Å²) >= 11 is 4.40. The van der Waals surface area contributed by atoms with Crippen LogP contribution in [0, 0.1) is 11.3 Å². The second kappa shape index (κ2) is 3.32. The van der Waals surface area contributed by atoms with Crippen LogP contribution in [0.1, 0.15) is 0 Å². The summed E-state index contributed by atoms with van der Waals surface area (Å²) in [5.41, 5.74) is 4.97. The van der Waals surface area contributed by atoms with Gasteiger partial charge in [-0.15, -0.1) is 0 Å². The van der Waals surface area contributed by atoms with Crippen LogP contribution in [-0.4, -0.2) is 4.99 Å². The molecule has 0 fully saturated rings. The van der Waals surface area contributed by atoms with E-state index >= 15 is 0 Å². The van der Waals surface area contributed by atoms with Crippen LogP contribution in [0.15, 0.2) is 12.2 Å². The van der Waals surface area contributed by atoms with E-state index in [1.807, 2.05) is 0 Å². The molecule has 0 atom stereocenters. The maximum atomic E-state index is 7.86. The van der Waals surface area contributed by atoms with Gasteiger partial charge in [-0.05, 0) is 6.08 Å². The predicted octanol–water partition coefficient (Wildman–Crippen LogP) is 0.352. The van der Waals surface area contributed by atoms with Crippen molar-refractivity contribution in [3.05, 3.63) is 12.2 Å². The predicted molar refractivity (Wildman–Crippen MR) is 31.5 cm³/mol. The topological polar surface area (TPSA) is 49.8 Å². The van der Waals surface area contributed by atoms with Gasteiger partial charge in [-0.2, -0.15) is 5.26 Å². The molecule has 36 valence electrons. The van der Waals surface area contributed by atoms with Crippen molar-refractivity contribution in [2.24, 2.45) is 5.73 Å². The molecule has 0 aromatic rings. The van der Waals surface area contributed by atoms with Crippen LogP contribution in [0.4, 0.5) is 0 Å². The van der Waals surface area contributed by atoms with Crippen molar-refractivity contribution in [1.29, 1.82) is 5.26 Å². The van der Waals surface area contributed by atoms with Crippen molar-refractivity contribution in [2.75, 3.05) is 0 Å². The lowest BCUT2D eigenvalue weighted by molar-refractivity contribution is 1.53. The van der Waals surface area contributed by atoms with E-state index in [2.05, 4.69) is 12.2 Å². The highest BCUT2D eigenvalue weighted by molar-refractivity contribution is 7.80. The Labute approximate surface area is 47.2 Å². The SMILES string of the molecule is N#CC=CC(N)=S. The Balaban J connectivity index is 3.53. The van der Waals surface area contributed by atoms with Crippen molar-refractivity contribution in [1.82, 2.24) is 0 Å². The van der Waals surface area contributed by atoms with E-state index in [4.69, 9.17) is 11.0 Å². The van der Waals surface area contributed by atoms with Crippen LogP contribution in [0.5, 0.6) is 0 Å². The van der Waals surface area contributed by atoms with Gasteiger partial charge < -0.3 is 5.73 Å². The van der Waals surface area contributed by atoms with Gasteiger partial charge in [0.1, 0.15) is 0 Å². The van der Waals surface area contributed by atoms with Crippen molar-refractivity contribution in [2.45, 2.75) is 0 Å². The molecule has 2 N–H and O–H groups in total. The maximum absolute atomic E-state index is 7.86. The first-order valence-corrected chi connectivity index (χ1v) is 2.04. The number of thiocarbonyl (C=S) groups is 1. The highest BCUT2D eigenvalue weighted by Gasteiger charge is 1.70. The molecular weight excluding hydrogens is 108 g/mol. The van der Waals surface area contributed by atoms with E-state index < -0.39 is 0 Å². The third-order valence-electron chi connectivity index (χ3n) is 0.322. The smallest absolute Gasteiger partial charge is 0.0969 e. The molecule has 0 aliphatic heterocycles. The van der Waals surface area contributed by atoms with Crippen LogP contribution in [-0.2, 0) is 0 Å². The van der Waals surface area contributed by atoms with Gasteiger partial charge in [0.15, 0.2) is 0 Å². The van der Waals surface area contributed by atoms with Crippen molar-refractivity contribution in [3.63, 3.8) is 0 Å². The minimum atomic E-state index is 0.238. The average Bonchev–Trinajstić information content (AvgIpc) is 1.61. The fourth-order valence-corrected chi connectivity index (χ4v) is 0.187. The van der Waals surface area contributed by atoms with Gasteiger partial charge in [-0.3, -0.25) is 0 Å².